The Labute approximate surface area is 343 Å². The lowest BCUT2D eigenvalue weighted by molar-refractivity contribution is -0.111. The third kappa shape index (κ3) is 22.6. The van der Waals surface area contributed by atoms with Gasteiger partial charge in [-0.05, 0) is 117 Å². The van der Waals surface area contributed by atoms with E-state index < -0.39 is 16.9 Å². The van der Waals surface area contributed by atoms with Crippen molar-refractivity contribution < 1.29 is 28.1 Å². The molecule has 0 heterocycles. The first-order valence-corrected chi connectivity index (χ1v) is 24.5. The van der Waals surface area contributed by atoms with E-state index >= 15 is 0 Å². The fourth-order valence-corrected chi connectivity index (χ4v) is 12.2. The van der Waals surface area contributed by atoms with Crippen LogP contribution in [0.1, 0.15) is 130 Å². The van der Waals surface area contributed by atoms with E-state index in [4.69, 9.17) is 24.3 Å². The number of rotatable bonds is 33. The van der Waals surface area contributed by atoms with Gasteiger partial charge in [0, 0.05) is 93.2 Å². The van der Waals surface area contributed by atoms with Gasteiger partial charge in [0.15, 0.2) is 33.9 Å². The van der Waals surface area contributed by atoms with E-state index in [1.807, 2.05) is 0 Å². The first kappa shape index (κ1) is 54.5. The van der Waals surface area contributed by atoms with Crippen LogP contribution in [0.5, 0.6) is 0 Å². The van der Waals surface area contributed by atoms with Crippen molar-refractivity contribution in [3.63, 3.8) is 0 Å². The summed E-state index contributed by atoms with van der Waals surface area (Å²) < 4.78 is 34.6. The minimum atomic E-state index is -1.05. The Bertz CT molecular complexity index is 929. The van der Waals surface area contributed by atoms with Crippen LogP contribution in [0.3, 0.4) is 0 Å². The predicted molar refractivity (Wildman–Crippen MR) is 236 cm³/mol. The second-order valence-electron chi connectivity index (χ2n) is 15.5. The molecule has 2 atom stereocenters. The van der Waals surface area contributed by atoms with Crippen molar-refractivity contribution in [2.75, 3.05) is 57.9 Å². The largest absolute Gasteiger partial charge is 0.370 e. The fraction of sp³-hybridized carbons (Fsp3) is 0.947. The second kappa shape index (κ2) is 31.4. The van der Waals surface area contributed by atoms with E-state index in [1.54, 1.807) is 0 Å². The lowest BCUT2D eigenvalue weighted by Gasteiger charge is -2.46. The van der Waals surface area contributed by atoms with Gasteiger partial charge in [0.05, 0.1) is 19.2 Å². The summed E-state index contributed by atoms with van der Waals surface area (Å²) in [6, 6.07) is 2.51. The number of nitrogens with two attached hydrogens (primary N) is 1. The van der Waals surface area contributed by atoms with Crippen molar-refractivity contribution in [2.24, 2.45) is 5.73 Å². The number of nitrogens with zero attached hydrogens (tertiary/aromatic N) is 4. The molecule has 16 heteroatoms. The standard InChI is InChI=1S/C38H82N6O6P2S2/c1-29(2)41(30(3)4)51(42(31(5)6)32(7)8)50-27-47-23-17-25-53-38(46)19-21-40-26-36(15)44(35(13)14)52(43(33(9)10)34(11)12)49-24-16-22-48-28-54-37(45)18-20-39/h29-36,40H,16-28,39H2,1-15H3. The average Bonchev–Trinajstić information content (AvgIpc) is 3.04. The predicted octanol–water partition coefficient (Wildman–Crippen LogP) is 8.51. The third-order valence-electron chi connectivity index (χ3n) is 8.13. The molecular formula is C38H82N6O6P2S2. The molecule has 0 amide bonds. The molecular weight excluding hydrogens is 763 g/mol. The highest BCUT2D eigenvalue weighted by Gasteiger charge is 2.36. The molecule has 12 nitrogen and oxygen atoms in total. The molecule has 0 aliphatic carbocycles. The van der Waals surface area contributed by atoms with Crippen molar-refractivity contribution in [2.45, 2.75) is 178 Å². The third-order valence-corrected chi connectivity index (χ3v) is 15.9. The van der Waals surface area contributed by atoms with Crippen molar-refractivity contribution in [1.82, 2.24) is 24.0 Å². The number of hydrogen-bond donors (Lipinski definition) is 2. The summed E-state index contributed by atoms with van der Waals surface area (Å²) in [5.41, 5.74) is 5.45. The summed E-state index contributed by atoms with van der Waals surface area (Å²) in [5.74, 6) is 1.08. The average molecular weight is 845 g/mol. The maximum atomic E-state index is 12.7. The molecule has 0 fully saturated rings. The zero-order valence-corrected chi connectivity index (χ0v) is 40.3. The van der Waals surface area contributed by atoms with Gasteiger partial charge in [-0.1, -0.05) is 23.5 Å². The summed E-state index contributed by atoms with van der Waals surface area (Å²) in [4.78, 5) is 24.4. The second-order valence-corrected chi connectivity index (χ2v) is 21.0. The van der Waals surface area contributed by atoms with Crippen LogP contribution in [-0.2, 0) is 28.1 Å². The molecule has 3 N–H and O–H groups in total. The number of carbonyl (C=O) groups is 2. The Morgan fingerprint density at radius 1 is 0.593 bits per heavy atom. The van der Waals surface area contributed by atoms with Crippen LogP contribution in [0.4, 0.5) is 0 Å². The highest BCUT2D eigenvalue weighted by molar-refractivity contribution is 8.13. The van der Waals surface area contributed by atoms with Crippen LogP contribution in [0.2, 0.25) is 0 Å². The quantitative estimate of drug-likeness (QED) is 0.0373. The van der Waals surface area contributed by atoms with E-state index in [-0.39, 0.29) is 29.1 Å². The molecule has 0 aliphatic heterocycles. The highest BCUT2D eigenvalue weighted by Crippen LogP contribution is 2.51. The summed E-state index contributed by atoms with van der Waals surface area (Å²) in [6.07, 6.45) is 2.40. The molecule has 0 rings (SSSR count). The van der Waals surface area contributed by atoms with Crippen molar-refractivity contribution in [3.05, 3.63) is 0 Å². The first-order chi connectivity index (χ1) is 25.4. The van der Waals surface area contributed by atoms with Gasteiger partial charge in [0.2, 0.25) is 0 Å². The number of ether oxygens (including phenoxy) is 2. The molecule has 54 heavy (non-hydrogen) atoms. The van der Waals surface area contributed by atoms with E-state index in [1.165, 1.54) is 23.5 Å². The number of nitrogens with one attached hydrogen (secondary N) is 1. The van der Waals surface area contributed by atoms with Gasteiger partial charge < -0.3 is 29.6 Å². The van der Waals surface area contributed by atoms with E-state index in [0.29, 0.717) is 87.9 Å². The van der Waals surface area contributed by atoms with Gasteiger partial charge in [-0.2, -0.15) is 0 Å². The van der Waals surface area contributed by atoms with Gasteiger partial charge in [-0.25, -0.2) is 18.7 Å². The lowest BCUT2D eigenvalue weighted by Crippen LogP contribution is -2.47. The topological polar surface area (TPSA) is 122 Å². The molecule has 322 valence electrons. The highest BCUT2D eigenvalue weighted by atomic mass is 32.2. The molecule has 0 spiro atoms. The van der Waals surface area contributed by atoms with Gasteiger partial charge in [0.1, 0.15) is 0 Å². The molecule has 2 unspecified atom stereocenters. The molecule has 0 saturated carbocycles. The minimum absolute atomic E-state index is 0.0626. The molecule has 0 aromatic carbocycles. The van der Waals surface area contributed by atoms with Crippen molar-refractivity contribution >= 4 is 50.7 Å². The van der Waals surface area contributed by atoms with Crippen LogP contribution >= 0.6 is 40.4 Å². The molecule has 0 aliphatic rings. The number of thioether (sulfide) groups is 2. The van der Waals surface area contributed by atoms with E-state index in [0.717, 1.165) is 25.1 Å². The Balaban J connectivity index is 4.87. The summed E-state index contributed by atoms with van der Waals surface area (Å²) >= 11 is 2.57. The monoisotopic (exact) mass is 845 g/mol. The zero-order valence-electron chi connectivity index (χ0n) is 36.8. The van der Waals surface area contributed by atoms with Gasteiger partial charge >= 0.3 is 0 Å². The molecule has 0 aromatic rings. The number of hydrogen-bond acceptors (Lipinski definition) is 14. The van der Waals surface area contributed by atoms with E-state index in [9.17, 15) is 9.59 Å². The Morgan fingerprint density at radius 2 is 1.06 bits per heavy atom. The Kier molecular flexibility index (Phi) is 31.7. The molecule has 0 aromatic heterocycles. The summed E-state index contributed by atoms with van der Waals surface area (Å²) in [6.45, 7) is 37.1. The van der Waals surface area contributed by atoms with E-state index in [2.05, 4.69) is 128 Å². The van der Waals surface area contributed by atoms with Crippen LogP contribution in [0, 0.1) is 0 Å². The van der Waals surface area contributed by atoms with Crippen molar-refractivity contribution in [3.8, 4) is 0 Å². The van der Waals surface area contributed by atoms with Crippen LogP contribution in [-0.4, -0.2) is 135 Å². The van der Waals surface area contributed by atoms with Crippen LogP contribution < -0.4 is 11.1 Å². The van der Waals surface area contributed by atoms with Gasteiger partial charge in [0.25, 0.3) is 0 Å². The normalized spacial score (nSPS) is 14.1. The summed E-state index contributed by atoms with van der Waals surface area (Å²) in [5, 5.41) is 3.81. The fourth-order valence-electron chi connectivity index (χ4n) is 6.18. The first-order valence-electron chi connectivity index (χ1n) is 20.2. The van der Waals surface area contributed by atoms with Crippen molar-refractivity contribution in [1.29, 1.82) is 0 Å². The molecule has 0 saturated heterocycles. The van der Waals surface area contributed by atoms with Crippen LogP contribution in [0.15, 0.2) is 0 Å². The maximum absolute atomic E-state index is 12.7. The molecule has 0 bridgehead atoms. The SMILES string of the molecule is CC(C)N(C(C)C)P(OCOCCCSC(=O)CCNCC(C)N(C(C)C)P(OCCCOCSC(=O)CCN)N(C(C)C)C(C)C)N(C(C)C)C(C)C. The maximum Gasteiger partial charge on any atom is 0.192 e. The zero-order chi connectivity index (χ0) is 41.4. The molecule has 0 radical (unpaired) electrons. The van der Waals surface area contributed by atoms with Gasteiger partial charge in [-0.3, -0.25) is 9.59 Å². The summed E-state index contributed by atoms with van der Waals surface area (Å²) in [7, 11) is -2.03. The number of carbonyl (C=O) groups excluding carboxylic acids is 2. The lowest BCUT2D eigenvalue weighted by atomic mass is 10.2. The smallest absolute Gasteiger partial charge is 0.192 e. The van der Waals surface area contributed by atoms with Crippen LogP contribution in [0.25, 0.3) is 0 Å². The Morgan fingerprint density at radius 3 is 1.54 bits per heavy atom. The van der Waals surface area contributed by atoms with Gasteiger partial charge in [-0.15, -0.1) is 0 Å². The Hall–Kier alpha value is 0.500. The minimum Gasteiger partial charge on any atom is -0.370 e.